The number of nitrogens with zero attached hydrogens (tertiary/aromatic N) is 1. The van der Waals surface area contributed by atoms with Crippen molar-refractivity contribution in [3.8, 4) is 0 Å². The molecule has 5 heteroatoms. The first-order valence-corrected chi connectivity index (χ1v) is 7.09. The largest absolute Gasteiger partial charge is 0.336 e. The van der Waals surface area contributed by atoms with Crippen LogP contribution in [0.1, 0.15) is 29.3 Å². The van der Waals surface area contributed by atoms with Gasteiger partial charge in [0.1, 0.15) is 0 Å². The molecule has 1 fully saturated rings. The van der Waals surface area contributed by atoms with Crippen LogP contribution < -0.4 is 5.73 Å². The van der Waals surface area contributed by atoms with Crippen LogP contribution >= 0.6 is 28.3 Å². The van der Waals surface area contributed by atoms with Gasteiger partial charge in [0.2, 0.25) is 0 Å². The highest BCUT2D eigenvalue weighted by Crippen LogP contribution is 2.25. The molecule has 0 aliphatic carbocycles. The number of benzene rings is 1. The second-order valence-electron chi connectivity index (χ2n) is 5.11. The molecule has 3 nitrogen and oxygen atoms in total. The third-order valence-corrected chi connectivity index (χ3v) is 4.53. The van der Waals surface area contributed by atoms with E-state index < -0.39 is 0 Å². The van der Waals surface area contributed by atoms with Gasteiger partial charge >= 0.3 is 0 Å². The standard InChI is InChI=1S/C14H19BrN2O.ClH/c1-9-3-4-12(6-13(9)15)14(18)17-8-11(7-16)5-10(17)2;/h3-4,6,10-11H,5,7-8,16H2,1-2H3;1H. The van der Waals surface area contributed by atoms with Crippen LogP contribution in [-0.2, 0) is 0 Å². The van der Waals surface area contributed by atoms with Crippen molar-refractivity contribution in [2.75, 3.05) is 13.1 Å². The molecule has 1 heterocycles. The second kappa shape index (κ2) is 6.73. The molecule has 1 aliphatic rings. The van der Waals surface area contributed by atoms with E-state index in [0.717, 1.165) is 28.6 Å². The summed E-state index contributed by atoms with van der Waals surface area (Å²) >= 11 is 3.47. The fourth-order valence-corrected chi connectivity index (χ4v) is 2.87. The van der Waals surface area contributed by atoms with Gasteiger partial charge in [-0.2, -0.15) is 0 Å². The van der Waals surface area contributed by atoms with E-state index in [0.29, 0.717) is 12.5 Å². The minimum absolute atomic E-state index is 0. The fraction of sp³-hybridized carbons (Fsp3) is 0.500. The van der Waals surface area contributed by atoms with Crippen molar-refractivity contribution in [1.82, 2.24) is 4.90 Å². The predicted octanol–water partition coefficient (Wildman–Crippen LogP) is 2.99. The van der Waals surface area contributed by atoms with Crippen LogP contribution in [0.15, 0.2) is 22.7 Å². The monoisotopic (exact) mass is 346 g/mol. The Morgan fingerprint density at radius 3 is 2.74 bits per heavy atom. The number of hydrogen-bond acceptors (Lipinski definition) is 2. The smallest absolute Gasteiger partial charge is 0.254 e. The summed E-state index contributed by atoms with van der Waals surface area (Å²) < 4.78 is 0.982. The number of rotatable bonds is 2. The van der Waals surface area contributed by atoms with Crippen LogP contribution in [0.3, 0.4) is 0 Å². The van der Waals surface area contributed by atoms with E-state index in [-0.39, 0.29) is 24.4 Å². The molecular weight excluding hydrogens is 328 g/mol. The zero-order valence-electron chi connectivity index (χ0n) is 11.2. The third kappa shape index (κ3) is 3.50. The Morgan fingerprint density at radius 1 is 1.53 bits per heavy atom. The van der Waals surface area contributed by atoms with Crippen molar-refractivity contribution >= 4 is 34.2 Å². The Kier molecular flexibility index (Phi) is 5.83. The number of likely N-dealkylation sites (tertiary alicyclic amines) is 1. The summed E-state index contributed by atoms with van der Waals surface area (Å²) in [6.45, 7) is 5.55. The lowest BCUT2D eigenvalue weighted by molar-refractivity contribution is 0.0743. The molecule has 2 unspecified atom stereocenters. The average Bonchev–Trinajstić information content (AvgIpc) is 2.73. The van der Waals surface area contributed by atoms with Gasteiger partial charge in [-0.15, -0.1) is 12.4 Å². The molecule has 0 bridgehead atoms. The van der Waals surface area contributed by atoms with Gasteiger partial charge in [0, 0.05) is 22.6 Å². The highest BCUT2D eigenvalue weighted by Gasteiger charge is 2.32. The van der Waals surface area contributed by atoms with Crippen molar-refractivity contribution in [3.63, 3.8) is 0 Å². The summed E-state index contributed by atoms with van der Waals surface area (Å²) in [4.78, 5) is 14.4. The highest BCUT2D eigenvalue weighted by atomic mass is 79.9. The minimum atomic E-state index is 0. The maximum absolute atomic E-state index is 12.4. The van der Waals surface area contributed by atoms with Crippen LogP contribution in [0, 0.1) is 12.8 Å². The zero-order chi connectivity index (χ0) is 13.3. The molecule has 0 spiro atoms. The van der Waals surface area contributed by atoms with Gasteiger partial charge in [0.25, 0.3) is 5.91 Å². The van der Waals surface area contributed by atoms with E-state index in [1.807, 2.05) is 30.0 Å². The molecule has 2 rings (SSSR count). The molecule has 1 saturated heterocycles. The lowest BCUT2D eigenvalue weighted by atomic mass is 10.1. The van der Waals surface area contributed by atoms with Crippen molar-refractivity contribution in [3.05, 3.63) is 33.8 Å². The molecule has 0 aromatic heterocycles. The Labute approximate surface area is 129 Å². The maximum atomic E-state index is 12.4. The lowest BCUT2D eigenvalue weighted by Crippen LogP contribution is -2.34. The summed E-state index contributed by atoms with van der Waals surface area (Å²) in [5.74, 6) is 0.553. The minimum Gasteiger partial charge on any atom is -0.336 e. The second-order valence-corrected chi connectivity index (χ2v) is 5.96. The Hall–Kier alpha value is -0.580. The zero-order valence-corrected chi connectivity index (χ0v) is 13.6. The van der Waals surface area contributed by atoms with Crippen molar-refractivity contribution < 1.29 is 4.79 Å². The molecular formula is C14H20BrClN2O. The number of carbonyl (C=O) groups excluding carboxylic acids is 1. The predicted molar refractivity (Wildman–Crippen MR) is 83.8 cm³/mol. The Bertz CT molecular complexity index is 467. The molecule has 19 heavy (non-hydrogen) atoms. The Morgan fingerprint density at radius 2 is 2.21 bits per heavy atom. The first-order chi connectivity index (χ1) is 8.52. The van der Waals surface area contributed by atoms with Crippen LogP contribution in [0.4, 0.5) is 0 Å². The quantitative estimate of drug-likeness (QED) is 0.894. The average molecular weight is 348 g/mol. The molecule has 0 saturated carbocycles. The summed E-state index contributed by atoms with van der Waals surface area (Å²) in [7, 11) is 0. The molecule has 1 aliphatic heterocycles. The van der Waals surface area contributed by atoms with Crippen LogP contribution in [0.25, 0.3) is 0 Å². The summed E-state index contributed by atoms with van der Waals surface area (Å²) in [6.07, 6.45) is 1.01. The van der Waals surface area contributed by atoms with E-state index in [1.54, 1.807) is 0 Å². The van der Waals surface area contributed by atoms with E-state index in [2.05, 4.69) is 22.9 Å². The fourth-order valence-electron chi connectivity index (χ4n) is 2.49. The SMILES string of the molecule is Cc1ccc(C(=O)N2CC(CN)CC2C)cc1Br.Cl. The lowest BCUT2D eigenvalue weighted by Gasteiger charge is -2.21. The van der Waals surface area contributed by atoms with E-state index in [4.69, 9.17) is 5.73 Å². The summed E-state index contributed by atoms with van der Waals surface area (Å²) in [5.41, 5.74) is 7.58. The number of aryl methyl sites for hydroxylation is 1. The highest BCUT2D eigenvalue weighted by molar-refractivity contribution is 9.10. The normalized spacial score (nSPS) is 22.2. The number of nitrogens with two attached hydrogens (primary N) is 1. The first kappa shape index (κ1) is 16.5. The van der Waals surface area contributed by atoms with Crippen molar-refractivity contribution in [1.29, 1.82) is 0 Å². The maximum Gasteiger partial charge on any atom is 0.254 e. The molecule has 2 atom stereocenters. The Balaban J connectivity index is 0.00000180. The number of hydrogen-bond donors (Lipinski definition) is 1. The number of amides is 1. The number of carbonyl (C=O) groups is 1. The van der Waals surface area contributed by atoms with Crippen molar-refractivity contribution in [2.24, 2.45) is 11.7 Å². The van der Waals surface area contributed by atoms with Gasteiger partial charge < -0.3 is 10.6 Å². The van der Waals surface area contributed by atoms with Gasteiger partial charge in [-0.1, -0.05) is 22.0 Å². The van der Waals surface area contributed by atoms with Gasteiger partial charge in [0.15, 0.2) is 0 Å². The topological polar surface area (TPSA) is 46.3 Å². The van der Waals surface area contributed by atoms with Gasteiger partial charge in [-0.25, -0.2) is 0 Å². The summed E-state index contributed by atoms with van der Waals surface area (Å²) in [5, 5.41) is 0. The van der Waals surface area contributed by atoms with Gasteiger partial charge in [0.05, 0.1) is 0 Å². The molecule has 2 N–H and O–H groups in total. The van der Waals surface area contributed by atoms with Crippen LogP contribution in [-0.4, -0.2) is 29.9 Å². The molecule has 0 radical (unpaired) electrons. The van der Waals surface area contributed by atoms with Gasteiger partial charge in [-0.05, 0) is 50.4 Å². The van der Waals surface area contributed by atoms with E-state index in [1.165, 1.54) is 0 Å². The van der Waals surface area contributed by atoms with Crippen molar-refractivity contribution in [2.45, 2.75) is 26.3 Å². The molecule has 1 amide bonds. The van der Waals surface area contributed by atoms with Crippen LogP contribution in [0.5, 0.6) is 0 Å². The summed E-state index contributed by atoms with van der Waals surface area (Å²) in [6, 6.07) is 6.05. The van der Waals surface area contributed by atoms with Gasteiger partial charge in [-0.3, -0.25) is 4.79 Å². The first-order valence-electron chi connectivity index (χ1n) is 6.30. The van der Waals surface area contributed by atoms with Crippen LogP contribution in [0.2, 0.25) is 0 Å². The van der Waals surface area contributed by atoms with E-state index >= 15 is 0 Å². The van der Waals surface area contributed by atoms with E-state index in [9.17, 15) is 4.79 Å². The molecule has 106 valence electrons. The number of halogens is 2. The molecule has 1 aromatic carbocycles. The third-order valence-electron chi connectivity index (χ3n) is 3.67. The molecule has 1 aromatic rings.